The molecule has 0 spiro atoms. The maximum absolute atomic E-state index is 13.3. The Morgan fingerprint density at radius 1 is 1.08 bits per heavy atom. The van der Waals surface area contributed by atoms with E-state index in [1.807, 2.05) is 48.2 Å². The third kappa shape index (κ3) is 4.21. The molecule has 0 atom stereocenters. The Kier molecular flexibility index (Phi) is 5.41. The van der Waals surface area contributed by atoms with Gasteiger partial charge in [0.2, 0.25) is 5.91 Å². The monoisotopic (exact) mass is 523 g/mol. The van der Waals surface area contributed by atoms with E-state index in [0.29, 0.717) is 37.0 Å². The average molecular weight is 524 g/mol. The Morgan fingerprint density at radius 3 is 2.56 bits per heavy atom. The van der Waals surface area contributed by atoms with Gasteiger partial charge in [-0.1, -0.05) is 18.2 Å². The van der Waals surface area contributed by atoms with E-state index in [9.17, 15) is 14.7 Å². The van der Waals surface area contributed by atoms with Crippen molar-refractivity contribution in [2.45, 2.75) is 44.8 Å². The van der Waals surface area contributed by atoms with E-state index in [-0.39, 0.29) is 23.9 Å². The maximum atomic E-state index is 13.3. The molecule has 7 rings (SSSR count). The summed E-state index contributed by atoms with van der Waals surface area (Å²) in [7, 11) is 0. The van der Waals surface area contributed by atoms with Gasteiger partial charge in [-0.25, -0.2) is 9.67 Å². The molecule has 1 saturated carbocycles. The molecule has 10 nitrogen and oxygen atoms in total. The zero-order valence-corrected chi connectivity index (χ0v) is 21.7. The van der Waals surface area contributed by atoms with E-state index in [1.165, 1.54) is 17.1 Å². The second kappa shape index (κ2) is 8.88. The highest BCUT2D eigenvalue weighted by Crippen LogP contribution is 2.33. The first kappa shape index (κ1) is 23.8. The highest BCUT2D eigenvalue weighted by molar-refractivity contribution is 5.86. The van der Waals surface area contributed by atoms with Gasteiger partial charge in [-0.15, -0.1) is 0 Å². The second-order valence-electron chi connectivity index (χ2n) is 10.9. The quantitative estimate of drug-likeness (QED) is 0.365. The highest BCUT2D eigenvalue weighted by Gasteiger charge is 2.39. The van der Waals surface area contributed by atoms with E-state index in [0.717, 1.165) is 46.3 Å². The summed E-state index contributed by atoms with van der Waals surface area (Å²) >= 11 is 0. The van der Waals surface area contributed by atoms with Gasteiger partial charge in [0.1, 0.15) is 11.7 Å². The predicted octanol–water partition coefficient (Wildman–Crippen LogP) is 3.20. The van der Waals surface area contributed by atoms with Gasteiger partial charge in [0, 0.05) is 30.1 Å². The summed E-state index contributed by atoms with van der Waals surface area (Å²) in [6.45, 7) is 3.17. The molecule has 2 aromatic carbocycles. The first-order valence-electron chi connectivity index (χ1n) is 13.4. The lowest BCUT2D eigenvalue weighted by Gasteiger charge is -2.38. The number of aryl methyl sites for hydroxylation is 1. The summed E-state index contributed by atoms with van der Waals surface area (Å²) in [5.41, 5.74) is 4.09. The van der Waals surface area contributed by atoms with Crippen molar-refractivity contribution in [1.29, 1.82) is 0 Å². The number of hydrogen-bond donors (Lipinski definition) is 2. The normalized spacial score (nSPS) is 17.2. The summed E-state index contributed by atoms with van der Waals surface area (Å²) in [6.07, 6.45) is 5.84. The fraction of sp³-hybridized carbons (Fsp3) is 0.345. The number of amides is 1. The third-order valence-electron chi connectivity index (χ3n) is 8.14. The number of benzene rings is 2. The number of fused-ring (bicyclic) bond motifs is 2. The molecule has 0 unspecified atom stereocenters. The highest BCUT2D eigenvalue weighted by atomic mass is 16.3. The second-order valence-corrected chi connectivity index (χ2v) is 10.9. The Labute approximate surface area is 223 Å². The molecule has 2 aliphatic rings. The molecule has 4 heterocycles. The smallest absolute Gasteiger partial charge is 0.264 e. The van der Waals surface area contributed by atoms with Crippen LogP contribution >= 0.6 is 0 Å². The van der Waals surface area contributed by atoms with Gasteiger partial charge in [0.05, 0.1) is 29.5 Å². The number of aromatic amines is 1. The van der Waals surface area contributed by atoms with Gasteiger partial charge in [-0.3, -0.25) is 19.3 Å². The molecule has 3 aromatic heterocycles. The van der Waals surface area contributed by atoms with Crippen molar-refractivity contribution in [1.82, 2.24) is 34.4 Å². The summed E-state index contributed by atoms with van der Waals surface area (Å²) < 4.78 is 3.12. The molecule has 198 valence electrons. The van der Waals surface area contributed by atoms with Crippen molar-refractivity contribution in [2.24, 2.45) is 5.92 Å². The number of carbonyl (C=O) groups is 1. The van der Waals surface area contributed by atoms with Gasteiger partial charge in [-0.05, 0) is 68.0 Å². The van der Waals surface area contributed by atoms with Crippen LogP contribution in [0.3, 0.4) is 0 Å². The number of hydrogen-bond acceptors (Lipinski definition) is 6. The number of nitrogens with zero attached hydrogens (tertiary/aromatic N) is 6. The SMILES string of the molecule is Cc1[nH]nc2ccc(-c3ccc(-n4ncc5c(=O)n(CC6(O)CCN(C(=O)C7CC7)CC6)cnc54)cc3)cc12. The molecule has 0 radical (unpaired) electrons. The topological polar surface area (TPSA) is 122 Å². The average Bonchev–Trinajstić information content (AvgIpc) is 3.61. The minimum Gasteiger partial charge on any atom is -0.388 e. The van der Waals surface area contributed by atoms with Crippen molar-refractivity contribution in [3.05, 3.63) is 71.0 Å². The Morgan fingerprint density at radius 2 is 1.82 bits per heavy atom. The molecule has 2 N–H and O–H groups in total. The van der Waals surface area contributed by atoms with Crippen molar-refractivity contribution in [2.75, 3.05) is 13.1 Å². The number of rotatable bonds is 5. The molecule has 1 saturated heterocycles. The first-order chi connectivity index (χ1) is 18.9. The molecule has 0 bridgehead atoms. The van der Waals surface area contributed by atoms with Crippen LogP contribution in [-0.4, -0.2) is 64.1 Å². The van der Waals surface area contributed by atoms with Gasteiger partial charge in [0.25, 0.3) is 5.56 Å². The van der Waals surface area contributed by atoms with Crippen LogP contribution in [0.15, 0.2) is 59.8 Å². The molecule has 1 aliphatic heterocycles. The first-order valence-corrected chi connectivity index (χ1v) is 13.4. The molecule has 39 heavy (non-hydrogen) atoms. The minimum absolute atomic E-state index is 0.139. The Hall–Kier alpha value is -4.31. The van der Waals surface area contributed by atoms with Gasteiger partial charge < -0.3 is 10.0 Å². The molecule has 5 aromatic rings. The summed E-state index contributed by atoms with van der Waals surface area (Å²) in [5.74, 6) is 0.376. The van der Waals surface area contributed by atoms with Gasteiger partial charge in [-0.2, -0.15) is 10.2 Å². The number of H-pyrrole nitrogens is 1. The van der Waals surface area contributed by atoms with Crippen LogP contribution in [-0.2, 0) is 11.3 Å². The van der Waals surface area contributed by atoms with E-state index in [4.69, 9.17) is 0 Å². The van der Waals surface area contributed by atoms with Crippen molar-refractivity contribution < 1.29 is 9.90 Å². The van der Waals surface area contributed by atoms with Crippen molar-refractivity contribution in [3.8, 4) is 16.8 Å². The lowest BCUT2D eigenvalue weighted by molar-refractivity contribution is -0.137. The van der Waals surface area contributed by atoms with Crippen LogP contribution in [0.2, 0.25) is 0 Å². The zero-order valence-electron chi connectivity index (χ0n) is 21.7. The number of aromatic nitrogens is 6. The molecule has 1 aliphatic carbocycles. The number of carbonyl (C=O) groups excluding carboxylic acids is 1. The fourth-order valence-electron chi connectivity index (χ4n) is 5.57. The molecular weight excluding hydrogens is 494 g/mol. The summed E-state index contributed by atoms with van der Waals surface area (Å²) in [6, 6.07) is 14.1. The number of aliphatic hydroxyl groups is 1. The van der Waals surface area contributed by atoms with Crippen LogP contribution in [0.5, 0.6) is 0 Å². The van der Waals surface area contributed by atoms with Crippen LogP contribution in [0.4, 0.5) is 0 Å². The van der Waals surface area contributed by atoms with Crippen LogP contribution in [0, 0.1) is 12.8 Å². The Balaban J connectivity index is 1.11. The largest absolute Gasteiger partial charge is 0.388 e. The third-order valence-corrected chi connectivity index (χ3v) is 8.14. The molecular formula is C29H29N7O3. The molecule has 1 amide bonds. The van der Waals surface area contributed by atoms with Crippen LogP contribution in [0.25, 0.3) is 38.8 Å². The Bertz CT molecular complexity index is 1770. The van der Waals surface area contributed by atoms with Crippen molar-refractivity contribution in [3.63, 3.8) is 0 Å². The van der Waals surface area contributed by atoms with Crippen molar-refractivity contribution >= 4 is 27.8 Å². The van der Waals surface area contributed by atoms with E-state index in [2.05, 4.69) is 26.3 Å². The van der Waals surface area contributed by atoms with E-state index < -0.39 is 5.60 Å². The van der Waals surface area contributed by atoms with E-state index in [1.54, 1.807) is 4.68 Å². The lowest BCUT2D eigenvalue weighted by atomic mass is 9.91. The minimum atomic E-state index is -1.05. The summed E-state index contributed by atoms with van der Waals surface area (Å²) in [4.78, 5) is 32.0. The van der Waals surface area contributed by atoms with Gasteiger partial charge >= 0.3 is 0 Å². The number of nitrogens with one attached hydrogen (secondary N) is 1. The van der Waals surface area contributed by atoms with Crippen LogP contribution in [0.1, 0.15) is 31.4 Å². The number of piperidine rings is 1. The summed E-state index contributed by atoms with van der Waals surface area (Å²) in [5, 5.41) is 24.4. The van der Waals surface area contributed by atoms with Crippen LogP contribution < -0.4 is 5.56 Å². The predicted molar refractivity (Wildman–Crippen MR) is 146 cm³/mol. The number of likely N-dealkylation sites (tertiary alicyclic amines) is 1. The maximum Gasteiger partial charge on any atom is 0.264 e. The van der Waals surface area contributed by atoms with Gasteiger partial charge in [0.15, 0.2) is 5.65 Å². The van der Waals surface area contributed by atoms with E-state index >= 15 is 0 Å². The zero-order chi connectivity index (χ0) is 26.7. The standard InChI is InChI=1S/C29H29N7O3/c1-18-23-14-21(6-9-25(23)33-32-18)19-4-7-22(8-5-19)36-26-24(15-31-36)28(38)35(17-30-26)16-29(39)10-12-34(13-11-29)27(37)20-2-3-20/h4-9,14-15,17,20,39H,2-3,10-13,16H2,1H3,(H,32,33). The molecule has 2 fully saturated rings. The molecule has 10 heteroatoms. The fourth-order valence-corrected chi connectivity index (χ4v) is 5.57. The lowest BCUT2D eigenvalue weighted by Crippen LogP contribution is -2.50.